The second kappa shape index (κ2) is 5.03. The molecule has 0 aliphatic carbocycles. The standard InChI is InChI=1S/C12H15F3O3S/c1-4-11(2,3)9-6-5-7-10(8-9)18-19(16,17)12(13,14)15/h5-8H,4H2,1-3H3. The highest BCUT2D eigenvalue weighted by Gasteiger charge is 2.48. The molecule has 0 spiro atoms. The van der Waals surface area contributed by atoms with E-state index in [-0.39, 0.29) is 11.2 Å². The summed E-state index contributed by atoms with van der Waals surface area (Å²) in [5.41, 5.74) is -4.99. The Bertz CT molecular complexity index is 548. The Morgan fingerprint density at radius 3 is 2.26 bits per heavy atom. The van der Waals surface area contributed by atoms with Crippen molar-refractivity contribution in [2.75, 3.05) is 0 Å². The normalized spacial score (nSPS) is 13.4. The van der Waals surface area contributed by atoms with Gasteiger partial charge in [0, 0.05) is 0 Å². The van der Waals surface area contributed by atoms with E-state index < -0.39 is 15.6 Å². The van der Waals surface area contributed by atoms with Gasteiger partial charge in [-0.15, -0.1) is 0 Å². The van der Waals surface area contributed by atoms with Crippen LogP contribution in [0, 0.1) is 0 Å². The van der Waals surface area contributed by atoms with Crippen LogP contribution in [0.3, 0.4) is 0 Å². The predicted octanol–water partition coefficient (Wildman–Crippen LogP) is 3.60. The van der Waals surface area contributed by atoms with Crippen LogP contribution in [-0.2, 0) is 15.5 Å². The van der Waals surface area contributed by atoms with Gasteiger partial charge in [-0.1, -0.05) is 32.9 Å². The van der Waals surface area contributed by atoms with E-state index in [2.05, 4.69) is 4.18 Å². The summed E-state index contributed by atoms with van der Waals surface area (Å²) in [6.07, 6.45) is 0.752. The van der Waals surface area contributed by atoms with Gasteiger partial charge in [-0.3, -0.25) is 0 Å². The maximum absolute atomic E-state index is 12.2. The molecule has 7 heteroatoms. The van der Waals surface area contributed by atoms with Crippen molar-refractivity contribution in [3.63, 3.8) is 0 Å². The van der Waals surface area contributed by atoms with E-state index in [9.17, 15) is 21.6 Å². The Hall–Kier alpha value is -1.24. The third kappa shape index (κ3) is 3.62. The fourth-order valence-corrected chi connectivity index (χ4v) is 1.80. The first kappa shape index (κ1) is 15.8. The molecule has 0 fully saturated rings. The van der Waals surface area contributed by atoms with Crippen LogP contribution in [0.4, 0.5) is 13.2 Å². The molecule has 0 heterocycles. The molecule has 0 saturated heterocycles. The molecule has 1 rings (SSSR count). The highest BCUT2D eigenvalue weighted by molar-refractivity contribution is 7.87. The monoisotopic (exact) mass is 296 g/mol. The second-order valence-corrected chi connectivity index (χ2v) is 6.29. The van der Waals surface area contributed by atoms with Crippen molar-refractivity contribution >= 4 is 10.1 Å². The van der Waals surface area contributed by atoms with E-state index in [0.717, 1.165) is 6.42 Å². The van der Waals surface area contributed by atoms with Gasteiger partial charge in [0.2, 0.25) is 0 Å². The maximum atomic E-state index is 12.2. The number of rotatable bonds is 4. The molecule has 0 saturated carbocycles. The van der Waals surface area contributed by atoms with E-state index >= 15 is 0 Å². The van der Waals surface area contributed by atoms with E-state index in [1.807, 2.05) is 20.8 Å². The third-order valence-electron chi connectivity index (χ3n) is 2.99. The Labute approximate surface area is 110 Å². The van der Waals surface area contributed by atoms with Crippen LogP contribution in [0.2, 0.25) is 0 Å². The van der Waals surface area contributed by atoms with Gasteiger partial charge in [-0.2, -0.15) is 21.6 Å². The highest BCUT2D eigenvalue weighted by atomic mass is 32.2. The minimum Gasteiger partial charge on any atom is -0.376 e. The van der Waals surface area contributed by atoms with Crippen LogP contribution in [0.15, 0.2) is 24.3 Å². The molecule has 3 nitrogen and oxygen atoms in total. The zero-order chi connectivity index (χ0) is 14.9. The van der Waals surface area contributed by atoms with Gasteiger partial charge in [-0.05, 0) is 29.5 Å². The lowest BCUT2D eigenvalue weighted by atomic mass is 9.82. The van der Waals surface area contributed by atoms with E-state index in [4.69, 9.17) is 0 Å². The van der Waals surface area contributed by atoms with Crippen LogP contribution in [-0.4, -0.2) is 13.9 Å². The highest BCUT2D eigenvalue weighted by Crippen LogP contribution is 2.31. The first-order valence-corrected chi connectivity index (χ1v) is 7.02. The van der Waals surface area contributed by atoms with E-state index in [1.54, 1.807) is 6.07 Å². The molecule has 0 N–H and O–H groups in total. The fourth-order valence-electron chi connectivity index (χ4n) is 1.35. The Balaban J connectivity index is 3.10. The largest absolute Gasteiger partial charge is 0.534 e. The quantitative estimate of drug-likeness (QED) is 0.630. The van der Waals surface area contributed by atoms with Gasteiger partial charge in [0.05, 0.1) is 0 Å². The maximum Gasteiger partial charge on any atom is 0.534 e. The molecule has 0 unspecified atom stereocenters. The molecule has 0 amide bonds. The van der Waals surface area contributed by atoms with Gasteiger partial charge in [0.25, 0.3) is 0 Å². The molecular formula is C12H15F3O3S. The molecule has 0 aliphatic rings. The van der Waals surface area contributed by atoms with Crippen molar-refractivity contribution in [1.29, 1.82) is 0 Å². The first-order valence-electron chi connectivity index (χ1n) is 5.61. The molecule has 0 bridgehead atoms. The summed E-state index contributed by atoms with van der Waals surface area (Å²) in [5, 5.41) is 0. The number of hydrogen-bond donors (Lipinski definition) is 0. The average Bonchev–Trinajstić information content (AvgIpc) is 2.27. The van der Waals surface area contributed by atoms with Crippen LogP contribution in [0.5, 0.6) is 5.75 Å². The van der Waals surface area contributed by atoms with Gasteiger partial charge < -0.3 is 4.18 Å². The van der Waals surface area contributed by atoms with Gasteiger partial charge in [0.1, 0.15) is 5.75 Å². The second-order valence-electron chi connectivity index (χ2n) is 4.75. The number of halogens is 3. The smallest absolute Gasteiger partial charge is 0.376 e. The van der Waals surface area contributed by atoms with Crippen molar-refractivity contribution in [2.24, 2.45) is 0 Å². The summed E-state index contributed by atoms with van der Waals surface area (Å²) in [6, 6.07) is 5.68. The van der Waals surface area contributed by atoms with Crippen molar-refractivity contribution in [3.05, 3.63) is 29.8 Å². The molecule has 1 aromatic carbocycles. The third-order valence-corrected chi connectivity index (χ3v) is 3.97. The Morgan fingerprint density at radius 1 is 1.21 bits per heavy atom. The molecule has 0 aromatic heterocycles. The Kier molecular flexibility index (Phi) is 4.19. The summed E-state index contributed by atoms with van der Waals surface area (Å²) in [5.74, 6) is -0.337. The summed E-state index contributed by atoms with van der Waals surface area (Å²) >= 11 is 0. The molecule has 0 radical (unpaired) electrons. The zero-order valence-corrected chi connectivity index (χ0v) is 11.6. The molecule has 108 valence electrons. The van der Waals surface area contributed by atoms with Crippen LogP contribution in [0.1, 0.15) is 32.8 Å². The summed E-state index contributed by atoms with van der Waals surface area (Å²) in [7, 11) is -5.62. The fraction of sp³-hybridized carbons (Fsp3) is 0.500. The van der Waals surface area contributed by atoms with Gasteiger partial charge >= 0.3 is 15.6 Å². The van der Waals surface area contributed by atoms with Crippen molar-refractivity contribution < 1.29 is 25.8 Å². The average molecular weight is 296 g/mol. The lowest BCUT2D eigenvalue weighted by molar-refractivity contribution is -0.0500. The molecule has 19 heavy (non-hydrogen) atoms. The number of alkyl halides is 3. The summed E-state index contributed by atoms with van der Waals surface area (Å²) in [6.45, 7) is 5.74. The summed E-state index contributed by atoms with van der Waals surface area (Å²) in [4.78, 5) is 0. The lowest BCUT2D eigenvalue weighted by Gasteiger charge is -2.23. The first-order chi connectivity index (χ1) is 8.49. The van der Waals surface area contributed by atoms with Gasteiger partial charge in [-0.25, -0.2) is 0 Å². The molecular weight excluding hydrogens is 281 g/mol. The SMILES string of the molecule is CCC(C)(C)c1cccc(OS(=O)(=O)C(F)(F)F)c1. The Morgan fingerprint density at radius 2 is 1.79 bits per heavy atom. The van der Waals surface area contributed by atoms with Crippen LogP contribution >= 0.6 is 0 Å². The minimum atomic E-state index is -5.62. The number of benzene rings is 1. The van der Waals surface area contributed by atoms with Crippen molar-refractivity contribution in [2.45, 2.75) is 38.1 Å². The minimum absolute atomic E-state index is 0.276. The number of hydrogen-bond acceptors (Lipinski definition) is 3. The summed E-state index contributed by atoms with van der Waals surface area (Å²) < 4.78 is 62.5. The molecule has 0 atom stereocenters. The predicted molar refractivity (Wildman–Crippen MR) is 65.4 cm³/mol. The van der Waals surface area contributed by atoms with Crippen LogP contribution < -0.4 is 4.18 Å². The van der Waals surface area contributed by atoms with Crippen molar-refractivity contribution in [1.82, 2.24) is 0 Å². The topological polar surface area (TPSA) is 43.4 Å². The molecule has 1 aromatic rings. The van der Waals surface area contributed by atoms with E-state index in [0.29, 0.717) is 5.56 Å². The van der Waals surface area contributed by atoms with Crippen LogP contribution in [0.25, 0.3) is 0 Å². The van der Waals surface area contributed by atoms with E-state index in [1.165, 1.54) is 18.2 Å². The van der Waals surface area contributed by atoms with Gasteiger partial charge in [0.15, 0.2) is 0 Å². The van der Waals surface area contributed by atoms with Crippen molar-refractivity contribution in [3.8, 4) is 5.75 Å². The lowest BCUT2D eigenvalue weighted by Crippen LogP contribution is -2.28. The zero-order valence-electron chi connectivity index (χ0n) is 10.8. The molecule has 0 aliphatic heterocycles.